The SMILES string of the molecule is O=C1CCCCCC(=O)C2CCCC2C[N+]([O-])([O-])[n+]2cccc1c2. The summed E-state index contributed by atoms with van der Waals surface area (Å²) in [6.07, 6.45) is 8.42. The summed E-state index contributed by atoms with van der Waals surface area (Å²) in [5.41, 5.74) is 0.405. The number of quaternary nitrogens is 1. The standard InChI is InChI=1S/C18H24N2O4/c21-17-9-2-1-3-10-18(22)16-8-4-6-15(16)13-20(23,24)19-11-5-7-14(17)12-19/h5,7,11-12,15-16H,1-4,6,8-10,13H2. The Kier molecular flexibility index (Phi) is 5.08. The molecule has 0 spiro atoms. The zero-order valence-electron chi connectivity index (χ0n) is 13.9. The maximum absolute atomic E-state index is 12.6. The smallest absolute Gasteiger partial charge is 0.241 e. The van der Waals surface area contributed by atoms with Gasteiger partial charge in [-0.25, -0.2) is 0 Å². The summed E-state index contributed by atoms with van der Waals surface area (Å²) in [6.45, 7) is -0.168. The van der Waals surface area contributed by atoms with Crippen LogP contribution in [0.5, 0.6) is 0 Å². The Morgan fingerprint density at radius 3 is 2.67 bits per heavy atom. The van der Waals surface area contributed by atoms with E-state index < -0.39 is 4.92 Å². The normalized spacial score (nSPS) is 28.2. The van der Waals surface area contributed by atoms with E-state index in [1.165, 1.54) is 12.4 Å². The monoisotopic (exact) mass is 332 g/mol. The number of Topliss-reactive ketones (excluding diaryl/α,β-unsaturated/α-hetero) is 2. The van der Waals surface area contributed by atoms with Gasteiger partial charge >= 0.3 is 0 Å². The topological polar surface area (TPSA) is 84.1 Å². The summed E-state index contributed by atoms with van der Waals surface area (Å²) >= 11 is 0. The molecule has 0 saturated heterocycles. The van der Waals surface area contributed by atoms with E-state index in [1.54, 1.807) is 12.1 Å². The van der Waals surface area contributed by atoms with Crippen molar-refractivity contribution in [3.63, 3.8) is 0 Å². The van der Waals surface area contributed by atoms with E-state index in [-0.39, 0.29) is 29.9 Å². The Labute approximate surface area is 141 Å². The number of rotatable bonds is 0. The number of hydrogen-bond acceptors (Lipinski definition) is 4. The summed E-state index contributed by atoms with van der Waals surface area (Å²) in [6, 6.07) is 3.21. The molecule has 6 nitrogen and oxygen atoms in total. The van der Waals surface area contributed by atoms with E-state index in [1.807, 2.05) is 0 Å². The van der Waals surface area contributed by atoms with Crippen molar-refractivity contribution in [1.82, 2.24) is 4.92 Å². The van der Waals surface area contributed by atoms with Crippen LogP contribution in [0.15, 0.2) is 24.5 Å². The van der Waals surface area contributed by atoms with Gasteiger partial charge < -0.3 is 10.4 Å². The van der Waals surface area contributed by atoms with Gasteiger partial charge in [0.15, 0.2) is 5.78 Å². The molecule has 6 heteroatoms. The van der Waals surface area contributed by atoms with Crippen molar-refractivity contribution >= 4 is 11.6 Å². The van der Waals surface area contributed by atoms with Gasteiger partial charge in [-0.1, -0.05) is 12.8 Å². The first-order valence-electron chi connectivity index (χ1n) is 8.85. The van der Waals surface area contributed by atoms with Crippen LogP contribution in [0.25, 0.3) is 0 Å². The van der Waals surface area contributed by atoms with Crippen molar-refractivity contribution in [3.8, 4) is 0 Å². The fourth-order valence-corrected chi connectivity index (χ4v) is 3.98. The first-order valence-corrected chi connectivity index (χ1v) is 8.85. The number of aromatic nitrogens is 1. The largest absolute Gasteiger partial charge is 0.572 e. The molecule has 0 N–H and O–H groups in total. The van der Waals surface area contributed by atoms with E-state index in [4.69, 9.17) is 0 Å². The van der Waals surface area contributed by atoms with Crippen molar-refractivity contribution < 1.29 is 14.3 Å². The van der Waals surface area contributed by atoms with Crippen LogP contribution >= 0.6 is 0 Å². The summed E-state index contributed by atoms with van der Waals surface area (Å²) < 4.78 is 1.01. The van der Waals surface area contributed by atoms with E-state index in [0.29, 0.717) is 18.4 Å². The Morgan fingerprint density at radius 1 is 1.04 bits per heavy atom. The lowest BCUT2D eigenvalue weighted by Crippen LogP contribution is -2.69. The maximum Gasteiger partial charge on any atom is 0.241 e. The molecule has 130 valence electrons. The Bertz CT molecular complexity index is 629. The molecule has 0 radical (unpaired) electrons. The van der Waals surface area contributed by atoms with Gasteiger partial charge in [-0.2, -0.15) is 4.92 Å². The first-order chi connectivity index (χ1) is 11.5. The first kappa shape index (κ1) is 17.2. The van der Waals surface area contributed by atoms with Crippen LogP contribution in [0.2, 0.25) is 0 Å². The average Bonchev–Trinajstić information content (AvgIpc) is 3.01. The Balaban J connectivity index is 1.91. The lowest BCUT2D eigenvalue weighted by molar-refractivity contribution is -0.802. The predicted molar refractivity (Wildman–Crippen MR) is 89.0 cm³/mol. The summed E-state index contributed by atoms with van der Waals surface area (Å²) in [5.74, 6) is -0.202. The van der Waals surface area contributed by atoms with Crippen molar-refractivity contribution in [3.05, 3.63) is 40.5 Å². The fourth-order valence-electron chi connectivity index (χ4n) is 3.98. The summed E-state index contributed by atoms with van der Waals surface area (Å²) in [4.78, 5) is 22.8. The molecule has 1 aliphatic heterocycles. The second kappa shape index (κ2) is 7.09. The Hall–Kier alpha value is -1.63. The highest BCUT2D eigenvalue weighted by atomic mass is 16.9. The minimum atomic E-state index is -1.84. The summed E-state index contributed by atoms with van der Waals surface area (Å²) in [5, 5.41) is 25.2. The quantitative estimate of drug-likeness (QED) is 0.415. The number of hydroxylamine groups is 2. The van der Waals surface area contributed by atoms with Gasteiger partial charge in [0.1, 0.15) is 12.3 Å². The third-order valence-corrected chi connectivity index (χ3v) is 5.32. The van der Waals surface area contributed by atoms with Crippen LogP contribution < -0.4 is 9.59 Å². The molecule has 2 aliphatic rings. The van der Waals surface area contributed by atoms with Gasteiger partial charge in [-0.05, 0) is 36.4 Å². The van der Waals surface area contributed by atoms with Crippen LogP contribution in [-0.2, 0) is 4.79 Å². The highest BCUT2D eigenvalue weighted by Crippen LogP contribution is 2.34. The molecule has 2 atom stereocenters. The van der Waals surface area contributed by atoms with Gasteiger partial charge in [0.05, 0.1) is 5.56 Å². The van der Waals surface area contributed by atoms with Crippen LogP contribution in [0, 0.1) is 22.3 Å². The number of hydrogen-bond donors (Lipinski definition) is 0. The van der Waals surface area contributed by atoms with Crippen molar-refractivity contribution in [2.75, 3.05) is 6.54 Å². The minimum Gasteiger partial charge on any atom is -0.572 e. The zero-order chi connectivity index (χ0) is 17.2. The maximum atomic E-state index is 12.6. The number of carbonyl (C=O) groups excluding carboxylic acids is 2. The van der Waals surface area contributed by atoms with Crippen molar-refractivity contribution in [2.24, 2.45) is 11.8 Å². The van der Waals surface area contributed by atoms with Crippen molar-refractivity contribution in [1.29, 1.82) is 0 Å². The number of carbonyl (C=O) groups is 2. The highest BCUT2D eigenvalue weighted by molar-refractivity contribution is 5.95. The van der Waals surface area contributed by atoms with E-state index in [9.17, 15) is 20.0 Å². The zero-order valence-corrected chi connectivity index (χ0v) is 13.9. The minimum absolute atomic E-state index is 0.0634. The third-order valence-electron chi connectivity index (χ3n) is 5.32. The van der Waals surface area contributed by atoms with E-state index in [0.717, 1.165) is 43.2 Å². The Morgan fingerprint density at radius 2 is 1.83 bits per heavy atom. The van der Waals surface area contributed by atoms with Gasteiger partial charge in [0.25, 0.3) is 0 Å². The molecule has 1 aromatic heterocycles. The van der Waals surface area contributed by atoms with E-state index in [2.05, 4.69) is 0 Å². The molecule has 2 unspecified atom stereocenters. The molecule has 2 bridgehead atoms. The second-order valence-electron chi connectivity index (χ2n) is 7.04. The number of pyridine rings is 1. The molecule has 0 aromatic carbocycles. The molecule has 2 heterocycles. The number of nitrogens with zero attached hydrogens (tertiary/aromatic N) is 2. The fraction of sp³-hybridized carbons (Fsp3) is 0.611. The van der Waals surface area contributed by atoms with Gasteiger partial charge in [0, 0.05) is 30.7 Å². The molecule has 1 saturated carbocycles. The molecule has 1 fully saturated rings. The average molecular weight is 332 g/mol. The molecular weight excluding hydrogens is 308 g/mol. The molecular formula is C18H24N2O4. The lowest BCUT2D eigenvalue weighted by atomic mass is 9.89. The lowest BCUT2D eigenvalue weighted by Gasteiger charge is -2.39. The van der Waals surface area contributed by atoms with Gasteiger partial charge in [-0.15, -0.1) is 0 Å². The number of fused-ring (bicyclic) bond motifs is 3. The molecule has 1 aliphatic carbocycles. The molecule has 3 rings (SSSR count). The third kappa shape index (κ3) is 3.71. The predicted octanol–water partition coefficient (Wildman–Crippen LogP) is 2.54. The van der Waals surface area contributed by atoms with E-state index >= 15 is 0 Å². The second-order valence-corrected chi connectivity index (χ2v) is 7.04. The highest BCUT2D eigenvalue weighted by Gasteiger charge is 2.37. The van der Waals surface area contributed by atoms with Gasteiger partial charge in [0.2, 0.25) is 12.4 Å². The molecule has 0 amide bonds. The molecule has 24 heavy (non-hydrogen) atoms. The van der Waals surface area contributed by atoms with Crippen LogP contribution in [-0.4, -0.2) is 18.1 Å². The number of ketones is 2. The van der Waals surface area contributed by atoms with Crippen molar-refractivity contribution in [2.45, 2.75) is 51.4 Å². The molecule has 1 aromatic rings. The van der Waals surface area contributed by atoms with Gasteiger partial charge in [-0.3, -0.25) is 9.59 Å². The van der Waals surface area contributed by atoms with Crippen LogP contribution in [0.4, 0.5) is 0 Å². The van der Waals surface area contributed by atoms with Crippen LogP contribution in [0.3, 0.4) is 0 Å². The van der Waals surface area contributed by atoms with Crippen LogP contribution in [0.1, 0.15) is 61.7 Å². The summed E-state index contributed by atoms with van der Waals surface area (Å²) in [7, 11) is 0.